The number of carboxylic acid groups (broad SMARTS) is 1. The maximum atomic E-state index is 13.9. The molecule has 23 heteroatoms. The van der Waals surface area contributed by atoms with E-state index in [1.807, 2.05) is 34.6 Å². The summed E-state index contributed by atoms with van der Waals surface area (Å²) in [5.74, 6) is -4.01. The molecule has 26 atom stereocenters. The molecule has 4 saturated carbocycles. The molecule has 5 aliphatic carbocycles. The number of esters is 2. The zero-order chi connectivity index (χ0) is 59.3. The molecule has 0 bridgehead atoms. The highest BCUT2D eigenvalue weighted by Crippen LogP contribution is 2.76. The largest absolute Gasteiger partial charge is 0.479 e. The monoisotopic (exact) mass is 1140 g/mol. The molecule has 7 fully saturated rings. The van der Waals surface area contributed by atoms with E-state index < -0.39 is 193 Å². The lowest BCUT2D eigenvalue weighted by atomic mass is 9.32. The van der Waals surface area contributed by atoms with E-state index in [0.717, 1.165) is 5.57 Å². The van der Waals surface area contributed by atoms with Crippen molar-refractivity contribution < 1.29 is 114 Å². The second-order valence-corrected chi connectivity index (χ2v) is 26.0. The molecule has 8 rings (SSSR count). The summed E-state index contributed by atoms with van der Waals surface area (Å²) in [5.41, 5.74) is -4.40. The number of hydrogen-bond donors (Lipinski definition) is 12. The number of aliphatic hydroxyl groups excluding tert-OH is 11. The summed E-state index contributed by atoms with van der Waals surface area (Å²) in [6.45, 7) is 18.4. The summed E-state index contributed by atoms with van der Waals surface area (Å²) in [7, 11) is 0. The number of carboxylic acids is 1. The summed E-state index contributed by atoms with van der Waals surface area (Å²) in [6, 6.07) is 0. The van der Waals surface area contributed by atoms with Crippen molar-refractivity contribution in [3.63, 3.8) is 0 Å². The van der Waals surface area contributed by atoms with Gasteiger partial charge < -0.3 is 99.2 Å². The van der Waals surface area contributed by atoms with Gasteiger partial charge in [0.2, 0.25) is 0 Å². The normalized spacial score (nSPS) is 49.0. The van der Waals surface area contributed by atoms with E-state index in [-0.39, 0.29) is 23.8 Å². The van der Waals surface area contributed by atoms with Gasteiger partial charge in [-0.3, -0.25) is 0 Å². The van der Waals surface area contributed by atoms with Crippen LogP contribution in [0.25, 0.3) is 0 Å². The number of aliphatic carboxylic acids is 1. The van der Waals surface area contributed by atoms with Gasteiger partial charge in [0.05, 0.1) is 43.5 Å². The van der Waals surface area contributed by atoms with Gasteiger partial charge in [0.1, 0.15) is 67.1 Å². The van der Waals surface area contributed by atoms with Crippen LogP contribution in [-0.2, 0) is 52.3 Å². The lowest BCUT2D eigenvalue weighted by molar-refractivity contribution is -0.386. The molecule has 8 unspecified atom stereocenters. The van der Waals surface area contributed by atoms with Gasteiger partial charge in [0.25, 0.3) is 0 Å². The Morgan fingerprint density at radius 3 is 1.71 bits per heavy atom. The topological polar surface area (TPSA) is 368 Å². The number of carbonyl (C=O) groups excluding carboxylic acids is 2. The van der Waals surface area contributed by atoms with Crippen molar-refractivity contribution in [2.75, 3.05) is 19.8 Å². The van der Waals surface area contributed by atoms with Crippen LogP contribution >= 0.6 is 0 Å². The van der Waals surface area contributed by atoms with Crippen molar-refractivity contribution >= 4 is 17.9 Å². The Balaban J connectivity index is 1.14. The second-order valence-electron chi connectivity index (χ2n) is 26.0. The standard InChI is InChI=1S/C57H88O23/c1-12-24(3)47(71)79-44-45(80-48(72)25(4)13-2)57(23-60)27(20-52(44,5)6)26-14-15-31-54(9)18-17-32(53(7,8)30(54)16-19-55(31,10)56(26,11)42(67)43(57)68)75-51-41(78-50-37(65)35(63)33(61)28(21-58)73-50)39(38(66)40(77-51)46(69)70)76-49-36(64)34(62)29(22-59)74-49/h12-14,27-45,49-51,58-68H,15-23H2,1-11H3,(H,69,70)/b24-12-,25-13+/t27?,28?,29-,30?,31?,32-,33-,34?,35+,36-,37?,38-,39+,40?,41?,42-,43+,44-,45-,49-,50-,51+,54-,55+,56-,57-/m0/s1. The second kappa shape index (κ2) is 22.7. The molecule has 0 aromatic heterocycles. The molecule has 0 aromatic carbocycles. The highest BCUT2D eigenvalue weighted by Gasteiger charge is 2.76. The Morgan fingerprint density at radius 1 is 0.637 bits per heavy atom. The van der Waals surface area contributed by atoms with Crippen molar-refractivity contribution in [2.24, 2.45) is 50.2 Å². The number of hydrogen-bond acceptors (Lipinski definition) is 22. The van der Waals surface area contributed by atoms with E-state index in [4.69, 9.17) is 37.9 Å². The summed E-state index contributed by atoms with van der Waals surface area (Å²) < 4.78 is 49.0. The van der Waals surface area contributed by atoms with Crippen molar-refractivity contribution in [1.82, 2.24) is 0 Å². The zero-order valence-corrected chi connectivity index (χ0v) is 47.7. The third-order valence-corrected chi connectivity index (χ3v) is 21.4. The van der Waals surface area contributed by atoms with Gasteiger partial charge >= 0.3 is 17.9 Å². The van der Waals surface area contributed by atoms with Crippen molar-refractivity contribution in [2.45, 2.75) is 231 Å². The van der Waals surface area contributed by atoms with E-state index in [1.54, 1.807) is 39.8 Å². The molecular weight excluding hydrogens is 1050 g/mol. The fraction of sp³-hybridized carbons (Fsp3) is 0.842. The Kier molecular flexibility index (Phi) is 17.9. The third kappa shape index (κ3) is 9.76. The number of fused-ring (bicyclic) bond motifs is 7. The molecular formula is C57H88O23. The third-order valence-electron chi connectivity index (χ3n) is 21.4. The smallest absolute Gasteiger partial charge is 0.335 e. The maximum Gasteiger partial charge on any atom is 0.335 e. The Hall–Kier alpha value is -3.05. The van der Waals surface area contributed by atoms with Gasteiger partial charge in [0, 0.05) is 22.0 Å². The molecule has 0 spiro atoms. The maximum absolute atomic E-state index is 13.9. The number of rotatable bonds is 14. The van der Waals surface area contributed by atoms with Crippen molar-refractivity contribution in [1.29, 1.82) is 0 Å². The molecule has 0 aromatic rings. The molecule has 12 N–H and O–H groups in total. The van der Waals surface area contributed by atoms with E-state index >= 15 is 0 Å². The van der Waals surface area contributed by atoms with Crippen LogP contribution in [0.5, 0.6) is 0 Å². The van der Waals surface area contributed by atoms with Crippen molar-refractivity contribution in [3.8, 4) is 0 Å². The number of carbonyl (C=O) groups is 3. The minimum Gasteiger partial charge on any atom is -0.479 e. The average molecular weight is 1140 g/mol. The van der Waals surface area contributed by atoms with Crippen LogP contribution in [0.4, 0.5) is 0 Å². The van der Waals surface area contributed by atoms with Gasteiger partial charge in [-0.2, -0.15) is 0 Å². The van der Waals surface area contributed by atoms with Crippen LogP contribution in [-0.4, -0.2) is 216 Å². The quantitative estimate of drug-likeness (QED) is 0.0480. The number of aliphatic hydroxyl groups is 11. The molecule has 3 aliphatic heterocycles. The molecule has 3 saturated heterocycles. The van der Waals surface area contributed by atoms with E-state index in [1.165, 1.54) is 0 Å². The first kappa shape index (κ1) is 63.0. The molecule has 80 heavy (non-hydrogen) atoms. The van der Waals surface area contributed by atoms with Crippen LogP contribution in [0.1, 0.15) is 115 Å². The Labute approximate surface area is 466 Å². The SMILES string of the molecule is C/C=C(/C)C(=O)O[C@H]1[C@H](OC(=O)/C(C)=C/C)[C@@]2(CO)C(CC1(C)C)C1=CCC3[C@@]4(C)CC[C@H](O[C@@H]5OC(C(=O)O)[C@@H](O)[C@@H](O[C@@H]6O[C@@H](CO)C(O)[C@@H]6O)C5O[C@@H]5OC(CO)[C@H](O)[C@@H](O)C5O)C(C)(C)C4CC[C@@]3(C)[C@]1(C)[C@@H](O)[C@H]2O. The molecule has 0 amide bonds. The van der Waals surface area contributed by atoms with E-state index in [0.29, 0.717) is 37.7 Å². The molecule has 454 valence electrons. The Morgan fingerprint density at radius 2 is 1.18 bits per heavy atom. The van der Waals surface area contributed by atoms with Crippen LogP contribution in [0.2, 0.25) is 0 Å². The van der Waals surface area contributed by atoms with Gasteiger partial charge in [0.15, 0.2) is 31.1 Å². The van der Waals surface area contributed by atoms with Gasteiger partial charge in [-0.1, -0.05) is 72.3 Å². The highest BCUT2D eigenvalue weighted by molar-refractivity contribution is 5.89. The first-order valence-electron chi connectivity index (χ1n) is 28.1. The fourth-order valence-electron chi connectivity index (χ4n) is 16.2. The Bertz CT molecular complexity index is 2390. The van der Waals surface area contributed by atoms with E-state index in [9.17, 15) is 75.7 Å². The first-order chi connectivity index (χ1) is 37.3. The summed E-state index contributed by atoms with van der Waals surface area (Å²) in [5, 5.41) is 134. The van der Waals surface area contributed by atoms with Crippen LogP contribution < -0.4 is 0 Å². The van der Waals surface area contributed by atoms with E-state index in [2.05, 4.69) is 19.9 Å². The number of allylic oxidation sites excluding steroid dienone is 3. The number of ether oxygens (including phenoxy) is 8. The predicted molar refractivity (Wildman–Crippen MR) is 277 cm³/mol. The molecule has 8 aliphatic rings. The average Bonchev–Trinajstić information content (AvgIpc) is 3.72. The molecule has 0 radical (unpaired) electrons. The highest BCUT2D eigenvalue weighted by atomic mass is 16.8. The summed E-state index contributed by atoms with van der Waals surface area (Å²) in [4.78, 5) is 40.3. The van der Waals surface area contributed by atoms with Crippen LogP contribution in [0.15, 0.2) is 34.9 Å². The molecule has 23 nitrogen and oxygen atoms in total. The van der Waals surface area contributed by atoms with Crippen molar-refractivity contribution in [3.05, 3.63) is 34.9 Å². The summed E-state index contributed by atoms with van der Waals surface area (Å²) in [6.07, 6.45) is -24.0. The minimum absolute atomic E-state index is 0.153. The first-order valence-corrected chi connectivity index (χ1v) is 28.1. The summed E-state index contributed by atoms with van der Waals surface area (Å²) >= 11 is 0. The van der Waals surface area contributed by atoms with Gasteiger partial charge in [-0.05, 0) is 100 Å². The molecule has 3 heterocycles. The lowest BCUT2D eigenvalue weighted by Crippen LogP contribution is -2.76. The van der Waals surface area contributed by atoms with Gasteiger partial charge in [-0.25, -0.2) is 14.4 Å². The lowest BCUT2D eigenvalue weighted by Gasteiger charge is -2.73. The zero-order valence-electron chi connectivity index (χ0n) is 47.7. The van der Waals surface area contributed by atoms with Gasteiger partial charge in [-0.15, -0.1) is 0 Å². The van der Waals surface area contributed by atoms with Crippen LogP contribution in [0, 0.1) is 50.2 Å². The minimum atomic E-state index is -2.13. The fourth-order valence-corrected chi connectivity index (χ4v) is 16.2. The predicted octanol–water partition coefficient (Wildman–Crippen LogP) is 0.263. The van der Waals surface area contributed by atoms with Crippen LogP contribution in [0.3, 0.4) is 0 Å².